The van der Waals surface area contributed by atoms with Crippen LogP contribution in [-0.4, -0.2) is 43.9 Å². The monoisotopic (exact) mass is 300 g/mol. The van der Waals surface area contributed by atoms with Crippen LogP contribution < -0.4 is 10.6 Å². The molecule has 0 aliphatic heterocycles. The number of carboxylic acids is 1. The van der Waals surface area contributed by atoms with E-state index in [0.29, 0.717) is 26.1 Å². The van der Waals surface area contributed by atoms with Gasteiger partial charge in [0.15, 0.2) is 0 Å². The zero-order valence-corrected chi connectivity index (χ0v) is 13.3. The molecule has 0 bridgehead atoms. The Balaban J connectivity index is 2.26. The van der Waals surface area contributed by atoms with E-state index in [0.717, 1.165) is 19.3 Å². The second-order valence-corrected chi connectivity index (χ2v) is 6.61. The van der Waals surface area contributed by atoms with E-state index in [-0.39, 0.29) is 23.3 Å². The van der Waals surface area contributed by atoms with E-state index in [1.807, 2.05) is 0 Å². The van der Waals surface area contributed by atoms with Gasteiger partial charge in [0.25, 0.3) is 0 Å². The van der Waals surface area contributed by atoms with Crippen LogP contribution in [0.5, 0.6) is 0 Å². The number of carbonyl (C=O) groups excluding carboxylic acids is 1. The van der Waals surface area contributed by atoms with Crippen molar-refractivity contribution in [2.75, 3.05) is 26.8 Å². The molecule has 0 aromatic carbocycles. The molecule has 2 unspecified atom stereocenters. The number of carboxylic acid groups (broad SMARTS) is 1. The summed E-state index contributed by atoms with van der Waals surface area (Å²) in [6, 6.07) is -0.225. The van der Waals surface area contributed by atoms with Gasteiger partial charge < -0.3 is 20.5 Å². The highest BCUT2D eigenvalue weighted by Crippen LogP contribution is 2.31. The van der Waals surface area contributed by atoms with Gasteiger partial charge in [0.05, 0.1) is 5.92 Å². The summed E-state index contributed by atoms with van der Waals surface area (Å²) in [5, 5.41) is 14.7. The van der Waals surface area contributed by atoms with Crippen LogP contribution in [0.1, 0.15) is 39.5 Å². The number of aliphatic carboxylic acids is 1. The predicted molar refractivity (Wildman–Crippen MR) is 80.1 cm³/mol. The van der Waals surface area contributed by atoms with E-state index in [9.17, 15) is 9.59 Å². The van der Waals surface area contributed by atoms with E-state index in [2.05, 4.69) is 24.5 Å². The van der Waals surface area contributed by atoms with Crippen molar-refractivity contribution < 1.29 is 19.4 Å². The minimum Gasteiger partial charge on any atom is -0.481 e. The summed E-state index contributed by atoms with van der Waals surface area (Å²) in [6.45, 7) is 5.81. The fourth-order valence-corrected chi connectivity index (χ4v) is 2.68. The second kappa shape index (κ2) is 8.22. The Hall–Kier alpha value is -1.30. The van der Waals surface area contributed by atoms with Crippen LogP contribution in [0.3, 0.4) is 0 Å². The number of rotatable bonds is 8. The number of urea groups is 1. The standard InChI is InChI=1S/C15H28N2O4/c1-15(2,7-8-21-3)10-17-14(20)16-9-11-5-4-6-12(11)13(18)19/h11-12H,4-10H2,1-3H3,(H,18,19)(H2,16,17,20). The average Bonchev–Trinajstić information content (AvgIpc) is 2.89. The van der Waals surface area contributed by atoms with E-state index >= 15 is 0 Å². The number of hydrogen-bond donors (Lipinski definition) is 3. The lowest BCUT2D eigenvalue weighted by atomic mass is 9.90. The van der Waals surface area contributed by atoms with Crippen LogP contribution in [0.2, 0.25) is 0 Å². The molecular formula is C15H28N2O4. The first-order valence-corrected chi connectivity index (χ1v) is 7.59. The Morgan fingerprint density at radius 3 is 2.62 bits per heavy atom. The number of nitrogens with one attached hydrogen (secondary N) is 2. The maximum atomic E-state index is 11.8. The maximum Gasteiger partial charge on any atom is 0.314 e. The second-order valence-electron chi connectivity index (χ2n) is 6.61. The Labute approximate surface area is 126 Å². The Morgan fingerprint density at radius 2 is 2.00 bits per heavy atom. The summed E-state index contributed by atoms with van der Waals surface area (Å²) >= 11 is 0. The number of hydrogen-bond acceptors (Lipinski definition) is 3. The topological polar surface area (TPSA) is 87.7 Å². The molecule has 1 fully saturated rings. The molecule has 122 valence electrons. The van der Waals surface area contributed by atoms with Gasteiger partial charge in [-0.3, -0.25) is 4.79 Å². The fraction of sp³-hybridized carbons (Fsp3) is 0.867. The zero-order valence-electron chi connectivity index (χ0n) is 13.3. The van der Waals surface area contributed by atoms with Crippen molar-refractivity contribution in [3.63, 3.8) is 0 Å². The number of carbonyl (C=O) groups is 2. The van der Waals surface area contributed by atoms with Gasteiger partial charge in [-0.05, 0) is 30.6 Å². The largest absolute Gasteiger partial charge is 0.481 e. The molecule has 0 aromatic rings. The highest BCUT2D eigenvalue weighted by atomic mass is 16.5. The van der Waals surface area contributed by atoms with E-state index in [1.165, 1.54) is 0 Å². The minimum absolute atomic E-state index is 0.0235. The normalized spacial score (nSPS) is 22.0. The molecule has 3 N–H and O–H groups in total. The van der Waals surface area contributed by atoms with Crippen molar-refractivity contribution in [3.05, 3.63) is 0 Å². The fourth-order valence-electron chi connectivity index (χ4n) is 2.68. The van der Waals surface area contributed by atoms with Crippen molar-refractivity contribution >= 4 is 12.0 Å². The molecule has 1 aliphatic rings. The molecule has 2 amide bonds. The average molecular weight is 300 g/mol. The number of ether oxygens (including phenoxy) is 1. The van der Waals surface area contributed by atoms with Crippen LogP contribution in [0.4, 0.5) is 4.79 Å². The van der Waals surface area contributed by atoms with Crippen LogP contribution >= 0.6 is 0 Å². The molecular weight excluding hydrogens is 272 g/mol. The SMILES string of the molecule is COCCC(C)(C)CNC(=O)NCC1CCCC1C(=O)O. The van der Waals surface area contributed by atoms with Gasteiger partial charge in [-0.2, -0.15) is 0 Å². The van der Waals surface area contributed by atoms with Crippen LogP contribution in [0, 0.1) is 17.3 Å². The lowest BCUT2D eigenvalue weighted by molar-refractivity contribution is -0.142. The van der Waals surface area contributed by atoms with Crippen molar-refractivity contribution in [2.45, 2.75) is 39.5 Å². The van der Waals surface area contributed by atoms with Gasteiger partial charge in [-0.15, -0.1) is 0 Å². The van der Waals surface area contributed by atoms with Crippen molar-refractivity contribution in [1.29, 1.82) is 0 Å². The van der Waals surface area contributed by atoms with Gasteiger partial charge in [-0.1, -0.05) is 20.3 Å². The number of methoxy groups -OCH3 is 1. The third-order valence-corrected chi connectivity index (χ3v) is 4.21. The summed E-state index contributed by atoms with van der Waals surface area (Å²) in [5.74, 6) is -1.02. The molecule has 0 aromatic heterocycles. The Bertz CT molecular complexity index is 358. The summed E-state index contributed by atoms with van der Waals surface area (Å²) < 4.78 is 5.05. The molecule has 0 saturated heterocycles. The predicted octanol–water partition coefficient (Wildman–Crippen LogP) is 1.85. The Morgan fingerprint density at radius 1 is 1.29 bits per heavy atom. The third kappa shape index (κ3) is 6.33. The molecule has 0 spiro atoms. The summed E-state index contributed by atoms with van der Waals surface area (Å²) in [7, 11) is 1.66. The summed E-state index contributed by atoms with van der Waals surface area (Å²) in [6.07, 6.45) is 3.38. The summed E-state index contributed by atoms with van der Waals surface area (Å²) in [4.78, 5) is 22.9. The van der Waals surface area contributed by atoms with Crippen LogP contribution in [-0.2, 0) is 9.53 Å². The molecule has 1 saturated carbocycles. The zero-order chi connectivity index (χ0) is 15.9. The minimum atomic E-state index is -0.750. The maximum absolute atomic E-state index is 11.8. The van der Waals surface area contributed by atoms with Crippen molar-refractivity contribution in [3.8, 4) is 0 Å². The molecule has 2 atom stereocenters. The van der Waals surface area contributed by atoms with Crippen LogP contribution in [0.15, 0.2) is 0 Å². The lowest BCUT2D eigenvalue weighted by Gasteiger charge is -2.25. The molecule has 6 nitrogen and oxygen atoms in total. The number of amides is 2. The molecule has 6 heteroatoms. The van der Waals surface area contributed by atoms with Gasteiger partial charge in [-0.25, -0.2) is 4.79 Å². The quantitative estimate of drug-likeness (QED) is 0.638. The third-order valence-electron chi connectivity index (χ3n) is 4.21. The van der Waals surface area contributed by atoms with Crippen molar-refractivity contribution in [2.24, 2.45) is 17.3 Å². The lowest BCUT2D eigenvalue weighted by Crippen LogP contribution is -2.43. The highest BCUT2D eigenvalue weighted by molar-refractivity contribution is 5.74. The first kappa shape index (κ1) is 17.8. The van der Waals surface area contributed by atoms with Crippen molar-refractivity contribution in [1.82, 2.24) is 10.6 Å². The van der Waals surface area contributed by atoms with Gasteiger partial charge in [0, 0.05) is 26.8 Å². The van der Waals surface area contributed by atoms with Gasteiger partial charge in [0.1, 0.15) is 0 Å². The molecule has 1 rings (SSSR count). The van der Waals surface area contributed by atoms with E-state index in [1.54, 1.807) is 7.11 Å². The summed E-state index contributed by atoms with van der Waals surface area (Å²) in [5.41, 5.74) is -0.0235. The molecule has 21 heavy (non-hydrogen) atoms. The smallest absolute Gasteiger partial charge is 0.314 e. The van der Waals surface area contributed by atoms with Gasteiger partial charge >= 0.3 is 12.0 Å². The van der Waals surface area contributed by atoms with E-state index in [4.69, 9.17) is 9.84 Å². The van der Waals surface area contributed by atoms with Gasteiger partial charge in [0.2, 0.25) is 0 Å². The van der Waals surface area contributed by atoms with E-state index < -0.39 is 5.97 Å². The first-order chi connectivity index (χ1) is 9.85. The molecule has 0 heterocycles. The Kier molecular flexibility index (Phi) is 6.95. The van der Waals surface area contributed by atoms with Crippen LogP contribution in [0.25, 0.3) is 0 Å². The highest BCUT2D eigenvalue weighted by Gasteiger charge is 2.32. The molecule has 0 radical (unpaired) electrons. The first-order valence-electron chi connectivity index (χ1n) is 7.59. The molecule has 1 aliphatic carbocycles.